The molecule has 1 amide bonds. The molecule has 3 aromatic rings. The van der Waals surface area contributed by atoms with E-state index in [9.17, 15) is 4.79 Å². The Labute approximate surface area is 173 Å². The number of anilines is 1. The van der Waals surface area contributed by atoms with Gasteiger partial charge in [0.25, 0.3) is 5.91 Å². The minimum Gasteiger partial charge on any atom is -0.379 e. The maximum Gasteiger partial charge on any atom is 0.270 e. The zero-order chi connectivity index (χ0) is 19.5. The number of fused-ring (bicyclic) bond motifs is 1. The lowest BCUT2D eigenvalue weighted by atomic mass is 10.1. The number of thiazole rings is 1. The summed E-state index contributed by atoms with van der Waals surface area (Å²) in [6, 6.07) is 8.10. The smallest absolute Gasteiger partial charge is 0.270 e. The zero-order valence-electron chi connectivity index (χ0n) is 16.3. The first kappa shape index (κ1) is 19.5. The Balaban J connectivity index is 1.57. The van der Waals surface area contributed by atoms with Crippen molar-refractivity contribution in [2.45, 2.75) is 20.3 Å². The molecule has 0 bridgehead atoms. The Kier molecular flexibility index (Phi) is 6.06. The molecule has 28 heavy (non-hydrogen) atoms. The van der Waals surface area contributed by atoms with Gasteiger partial charge in [-0.25, -0.2) is 4.98 Å². The lowest BCUT2D eigenvalue weighted by molar-refractivity contribution is 0.0376. The van der Waals surface area contributed by atoms with Crippen LogP contribution in [0.25, 0.3) is 10.2 Å². The molecule has 0 aliphatic carbocycles. The number of nitrogens with zero attached hydrogens (tertiary/aromatic N) is 3. The van der Waals surface area contributed by atoms with E-state index in [4.69, 9.17) is 9.72 Å². The van der Waals surface area contributed by atoms with Crippen LogP contribution < -0.4 is 4.90 Å². The molecule has 0 radical (unpaired) electrons. The Hall–Kier alpha value is -1.80. The monoisotopic (exact) mass is 415 g/mol. The number of ether oxygens (including phenoxy) is 1. The minimum atomic E-state index is 0.0467. The molecule has 148 valence electrons. The third-order valence-electron chi connectivity index (χ3n) is 4.98. The second-order valence-corrected chi connectivity index (χ2v) is 9.09. The van der Waals surface area contributed by atoms with Gasteiger partial charge in [0.1, 0.15) is 0 Å². The SMILES string of the molecule is Cc1cc(C)c2sc(N(CCCN3CCOCC3)C(=O)c3cccs3)nc2c1. The number of carbonyl (C=O) groups excluding carboxylic acids is 1. The summed E-state index contributed by atoms with van der Waals surface area (Å²) in [6.07, 6.45) is 0.922. The molecule has 1 saturated heterocycles. The van der Waals surface area contributed by atoms with E-state index in [1.165, 1.54) is 22.5 Å². The Morgan fingerprint density at radius 1 is 1.29 bits per heavy atom. The highest BCUT2D eigenvalue weighted by Crippen LogP contribution is 2.33. The summed E-state index contributed by atoms with van der Waals surface area (Å²) in [7, 11) is 0. The minimum absolute atomic E-state index is 0.0467. The first-order chi connectivity index (χ1) is 13.6. The molecule has 7 heteroatoms. The summed E-state index contributed by atoms with van der Waals surface area (Å²) in [5, 5.41) is 2.74. The van der Waals surface area contributed by atoms with Crippen molar-refractivity contribution in [3.63, 3.8) is 0 Å². The van der Waals surface area contributed by atoms with Crippen LogP contribution in [0.4, 0.5) is 5.13 Å². The van der Waals surface area contributed by atoms with E-state index >= 15 is 0 Å². The quantitative estimate of drug-likeness (QED) is 0.601. The third-order valence-corrected chi connectivity index (χ3v) is 7.06. The fourth-order valence-corrected chi connectivity index (χ4v) is 5.29. The molecular formula is C21H25N3O2S2. The van der Waals surface area contributed by atoms with E-state index in [0.29, 0.717) is 6.54 Å². The topological polar surface area (TPSA) is 45.7 Å². The van der Waals surface area contributed by atoms with Gasteiger partial charge in [-0.05, 0) is 48.9 Å². The molecule has 1 aliphatic heterocycles. The summed E-state index contributed by atoms with van der Waals surface area (Å²) in [6.45, 7) is 9.38. The zero-order valence-corrected chi connectivity index (χ0v) is 17.9. The average molecular weight is 416 g/mol. The predicted molar refractivity (Wildman–Crippen MR) is 117 cm³/mol. The molecule has 1 aliphatic rings. The Morgan fingerprint density at radius 2 is 2.11 bits per heavy atom. The number of amides is 1. The van der Waals surface area contributed by atoms with Crippen molar-refractivity contribution >= 4 is 43.9 Å². The van der Waals surface area contributed by atoms with Crippen molar-refractivity contribution in [1.82, 2.24) is 9.88 Å². The predicted octanol–water partition coefficient (Wildman–Crippen LogP) is 4.34. The first-order valence-electron chi connectivity index (χ1n) is 9.65. The molecule has 4 rings (SSSR count). The average Bonchev–Trinajstić information content (AvgIpc) is 3.35. The van der Waals surface area contributed by atoms with Crippen LogP contribution in [0.15, 0.2) is 29.6 Å². The fraction of sp³-hybridized carbons (Fsp3) is 0.429. The molecule has 5 nitrogen and oxygen atoms in total. The van der Waals surface area contributed by atoms with E-state index < -0.39 is 0 Å². The second kappa shape index (κ2) is 8.69. The lowest BCUT2D eigenvalue weighted by Crippen LogP contribution is -2.39. The molecule has 0 N–H and O–H groups in total. The van der Waals surface area contributed by atoms with Crippen LogP contribution in [0.2, 0.25) is 0 Å². The summed E-state index contributed by atoms with van der Waals surface area (Å²) < 4.78 is 6.59. The van der Waals surface area contributed by atoms with E-state index in [2.05, 4.69) is 30.9 Å². The molecule has 1 fully saturated rings. The molecular weight excluding hydrogens is 390 g/mol. The molecule has 0 spiro atoms. The van der Waals surface area contributed by atoms with Crippen LogP contribution in [0.3, 0.4) is 0 Å². The number of rotatable bonds is 6. The standard InChI is InChI=1S/C21H25N3O2S2/c1-15-13-16(2)19-17(14-15)22-21(28-19)24(20(25)18-5-3-12-27-18)7-4-6-23-8-10-26-11-9-23/h3,5,12-14H,4,6-11H2,1-2H3. The van der Waals surface area contributed by atoms with Crippen molar-refractivity contribution < 1.29 is 9.53 Å². The third kappa shape index (κ3) is 4.27. The van der Waals surface area contributed by atoms with Gasteiger partial charge in [-0.1, -0.05) is 23.5 Å². The van der Waals surface area contributed by atoms with Crippen LogP contribution in [-0.4, -0.2) is 55.2 Å². The highest BCUT2D eigenvalue weighted by atomic mass is 32.1. The van der Waals surface area contributed by atoms with E-state index in [0.717, 1.165) is 59.5 Å². The largest absolute Gasteiger partial charge is 0.379 e. The number of aromatic nitrogens is 1. The van der Waals surface area contributed by atoms with E-state index in [1.807, 2.05) is 22.4 Å². The number of hydrogen-bond acceptors (Lipinski definition) is 6. The molecule has 0 atom stereocenters. The highest BCUT2D eigenvalue weighted by Gasteiger charge is 2.23. The normalized spacial score (nSPS) is 15.2. The summed E-state index contributed by atoms with van der Waals surface area (Å²) >= 11 is 3.10. The van der Waals surface area contributed by atoms with Gasteiger partial charge in [0.2, 0.25) is 0 Å². The Morgan fingerprint density at radius 3 is 2.86 bits per heavy atom. The van der Waals surface area contributed by atoms with Gasteiger partial charge in [0.15, 0.2) is 5.13 Å². The number of hydrogen-bond donors (Lipinski definition) is 0. The molecule has 2 aromatic heterocycles. The van der Waals surface area contributed by atoms with E-state index in [-0.39, 0.29) is 5.91 Å². The van der Waals surface area contributed by atoms with Crippen LogP contribution in [0.5, 0.6) is 0 Å². The van der Waals surface area contributed by atoms with Gasteiger partial charge < -0.3 is 4.74 Å². The first-order valence-corrected chi connectivity index (χ1v) is 11.3. The Bertz CT molecular complexity index is 946. The summed E-state index contributed by atoms with van der Waals surface area (Å²) in [5.74, 6) is 0.0467. The van der Waals surface area contributed by atoms with Crippen LogP contribution in [0, 0.1) is 13.8 Å². The van der Waals surface area contributed by atoms with Gasteiger partial charge in [0, 0.05) is 26.2 Å². The lowest BCUT2D eigenvalue weighted by Gasteiger charge is -2.27. The molecule has 3 heterocycles. The number of thiophene rings is 1. The molecule has 0 unspecified atom stereocenters. The molecule has 0 saturated carbocycles. The van der Waals surface area contributed by atoms with Crippen molar-refractivity contribution in [2.24, 2.45) is 0 Å². The maximum atomic E-state index is 13.2. The van der Waals surface area contributed by atoms with Gasteiger partial charge in [-0.3, -0.25) is 14.6 Å². The molecule has 1 aromatic carbocycles. The van der Waals surface area contributed by atoms with Crippen LogP contribution in [-0.2, 0) is 4.74 Å². The van der Waals surface area contributed by atoms with Gasteiger partial charge in [-0.2, -0.15) is 0 Å². The highest BCUT2D eigenvalue weighted by molar-refractivity contribution is 7.22. The van der Waals surface area contributed by atoms with Crippen molar-refractivity contribution in [2.75, 3.05) is 44.3 Å². The van der Waals surface area contributed by atoms with Crippen molar-refractivity contribution in [3.05, 3.63) is 45.6 Å². The van der Waals surface area contributed by atoms with Crippen LogP contribution >= 0.6 is 22.7 Å². The number of morpholine rings is 1. The van der Waals surface area contributed by atoms with Gasteiger partial charge in [-0.15, -0.1) is 11.3 Å². The summed E-state index contributed by atoms with van der Waals surface area (Å²) in [4.78, 5) is 23.0. The van der Waals surface area contributed by atoms with Crippen molar-refractivity contribution in [3.8, 4) is 0 Å². The van der Waals surface area contributed by atoms with Crippen molar-refractivity contribution in [1.29, 1.82) is 0 Å². The van der Waals surface area contributed by atoms with Gasteiger partial charge in [0.05, 0.1) is 28.3 Å². The van der Waals surface area contributed by atoms with E-state index in [1.54, 1.807) is 11.3 Å². The second-order valence-electron chi connectivity index (χ2n) is 7.17. The number of carbonyl (C=O) groups is 1. The number of benzene rings is 1. The maximum absolute atomic E-state index is 13.2. The fourth-order valence-electron chi connectivity index (χ4n) is 3.57. The van der Waals surface area contributed by atoms with Gasteiger partial charge >= 0.3 is 0 Å². The number of aryl methyl sites for hydroxylation is 2. The summed E-state index contributed by atoms with van der Waals surface area (Å²) in [5.41, 5.74) is 3.40. The van der Waals surface area contributed by atoms with Crippen LogP contribution in [0.1, 0.15) is 27.2 Å².